The molecule has 1 saturated heterocycles. The summed E-state index contributed by atoms with van der Waals surface area (Å²) >= 11 is 0. The standard InChI is InChI=1S/C17H24FNO/c1-16(2)11-13-14(5-4-6-15(13)18)17(16,20)12-7-9-19(3)10-8-12/h4-6,12,20H,7-11H2,1-3H3. The quantitative estimate of drug-likeness (QED) is 0.853. The van der Waals surface area contributed by atoms with Crippen molar-refractivity contribution in [2.75, 3.05) is 20.1 Å². The minimum Gasteiger partial charge on any atom is -0.384 e. The predicted octanol–water partition coefficient (Wildman–Crippen LogP) is 2.94. The van der Waals surface area contributed by atoms with Gasteiger partial charge in [-0.05, 0) is 62.5 Å². The Labute approximate surface area is 120 Å². The normalized spacial score (nSPS) is 30.4. The van der Waals surface area contributed by atoms with Gasteiger partial charge in [0, 0.05) is 5.41 Å². The second-order valence-corrected chi connectivity index (χ2v) is 7.17. The lowest BCUT2D eigenvalue weighted by molar-refractivity contribution is -0.121. The third-order valence-corrected chi connectivity index (χ3v) is 5.49. The highest BCUT2D eigenvalue weighted by atomic mass is 19.1. The van der Waals surface area contributed by atoms with Gasteiger partial charge in [0.25, 0.3) is 0 Å². The van der Waals surface area contributed by atoms with Gasteiger partial charge in [0.15, 0.2) is 0 Å². The van der Waals surface area contributed by atoms with Crippen LogP contribution in [0, 0.1) is 17.2 Å². The Morgan fingerprint density at radius 1 is 1.25 bits per heavy atom. The van der Waals surface area contributed by atoms with Crippen molar-refractivity contribution < 1.29 is 9.50 Å². The smallest absolute Gasteiger partial charge is 0.126 e. The average molecular weight is 277 g/mol. The molecule has 2 aliphatic rings. The van der Waals surface area contributed by atoms with Crippen LogP contribution in [-0.4, -0.2) is 30.1 Å². The Morgan fingerprint density at radius 3 is 2.55 bits per heavy atom. The number of benzene rings is 1. The Balaban J connectivity index is 2.05. The van der Waals surface area contributed by atoms with Crippen LogP contribution in [0.25, 0.3) is 0 Å². The van der Waals surface area contributed by atoms with E-state index in [2.05, 4.69) is 25.8 Å². The van der Waals surface area contributed by atoms with Crippen molar-refractivity contribution in [3.05, 3.63) is 35.1 Å². The number of halogens is 1. The van der Waals surface area contributed by atoms with E-state index >= 15 is 0 Å². The summed E-state index contributed by atoms with van der Waals surface area (Å²) in [5, 5.41) is 11.5. The van der Waals surface area contributed by atoms with Gasteiger partial charge in [0.2, 0.25) is 0 Å². The van der Waals surface area contributed by atoms with Crippen molar-refractivity contribution in [3.8, 4) is 0 Å². The first-order chi connectivity index (χ1) is 9.36. The lowest BCUT2D eigenvalue weighted by Crippen LogP contribution is -2.49. The van der Waals surface area contributed by atoms with Gasteiger partial charge < -0.3 is 10.0 Å². The number of piperidine rings is 1. The molecule has 1 aliphatic heterocycles. The Kier molecular flexibility index (Phi) is 3.18. The molecule has 2 nitrogen and oxygen atoms in total. The van der Waals surface area contributed by atoms with E-state index in [0.717, 1.165) is 37.1 Å². The molecule has 0 aromatic heterocycles. The molecule has 1 fully saturated rings. The first-order valence-corrected chi connectivity index (χ1v) is 7.55. The molecule has 3 heteroatoms. The van der Waals surface area contributed by atoms with E-state index in [9.17, 15) is 9.50 Å². The van der Waals surface area contributed by atoms with Crippen molar-refractivity contribution in [1.82, 2.24) is 4.90 Å². The Hall–Kier alpha value is -0.930. The monoisotopic (exact) mass is 277 g/mol. The van der Waals surface area contributed by atoms with Gasteiger partial charge >= 0.3 is 0 Å². The van der Waals surface area contributed by atoms with Gasteiger partial charge in [0.1, 0.15) is 5.82 Å². The summed E-state index contributed by atoms with van der Waals surface area (Å²) in [5.41, 5.74) is 0.347. The van der Waals surface area contributed by atoms with Gasteiger partial charge in [-0.1, -0.05) is 26.0 Å². The summed E-state index contributed by atoms with van der Waals surface area (Å²) in [5.74, 6) is 0.0520. The molecule has 110 valence electrons. The highest BCUT2D eigenvalue weighted by Crippen LogP contribution is 2.56. The van der Waals surface area contributed by atoms with E-state index in [1.807, 2.05) is 6.07 Å². The maximum absolute atomic E-state index is 14.1. The summed E-state index contributed by atoms with van der Waals surface area (Å²) in [6.45, 7) is 6.16. The molecule has 1 atom stereocenters. The molecule has 1 heterocycles. The zero-order valence-electron chi connectivity index (χ0n) is 12.6. The van der Waals surface area contributed by atoms with Gasteiger partial charge in [-0.15, -0.1) is 0 Å². The van der Waals surface area contributed by atoms with Gasteiger partial charge in [-0.25, -0.2) is 4.39 Å². The van der Waals surface area contributed by atoms with Crippen LogP contribution < -0.4 is 0 Å². The SMILES string of the molecule is CN1CCC(C2(O)c3cccc(F)c3CC2(C)C)CC1. The minimum absolute atomic E-state index is 0.167. The molecule has 1 aliphatic carbocycles. The molecule has 1 aromatic rings. The third-order valence-electron chi connectivity index (χ3n) is 5.49. The maximum Gasteiger partial charge on any atom is 0.126 e. The van der Waals surface area contributed by atoms with Crippen LogP contribution in [-0.2, 0) is 12.0 Å². The number of rotatable bonds is 1. The van der Waals surface area contributed by atoms with Crippen LogP contribution in [0.4, 0.5) is 4.39 Å². The minimum atomic E-state index is -0.897. The van der Waals surface area contributed by atoms with Crippen molar-refractivity contribution in [2.45, 2.75) is 38.7 Å². The van der Waals surface area contributed by atoms with Crippen molar-refractivity contribution in [3.63, 3.8) is 0 Å². The van der Waals surface area contributed by atoms with E-state index in [-0.39, 0.29) is 17.2 Å². The largest absolute Gasteiger partial charge is 0.384 e. The summed E-state index contributed by atoms with van der Waals surface area (Å²) in [7, 11) is 2.12. The lowest BCUT2D eigenvalue weighted by atomic mass is 9.65. The van der Waals surface area contributed by atoms with E-state index in [1.54, 1.807) is 6.07 Å². The Morgan fingerprint density at radius 2 is 1.90 bits per heavy atom. The van der Waals surface area contributed by atoms with E-state index in [4.69, 9.17) is 0 Å². The third kappa shape index (κ3) is 1.83. The lowest BCUT2D eigenvalue weighted by Gasteiger charge is -2.46. The predicted molar refractivity (Wildman–Crippen MR) is 78.0 cm³/mol. The van der Waals surface area contributed by atoms with Crippen LogP contribution >= 0.6 is 0 Å². The average Bonchev–Trinajstić information content (AvgIpc) is 2.61. The molecular formula is C17H24FNO. The summed E-state index contributed by atoms with van der Waals surface area (Å²) in [6.07, 6.45) is 2.58. The number of aliphatic hydroxyl groups is 1. The highest BCUT2D eigenvalue weighted by molar-refractivity contribution is 5.42. The Bertz CT molecular complexity index is 520. The summed E-state index contributed by atoms with van der Waals surface area (Å²) in [4.78, 5) is 2.30. The number of hydrogen-bond donors (Lipinski definition) is 1. The molecule has 3 rings (SSSR count). The van der Waals surface area contributed by atoms with Gasteiger partial charge in [-0.2, -0.15) is 0 Å². The second kappa shape index (κ2) is 4.54. The van der Waals surface area contributed by atoms with Gasteiger partial charge in [0.05, 0.1) is 5.60 Å². The highest BCUT2D eigenvalue weighted by Gasteiger charge is 2.56. The molecule has 1 unspecified atom stereocenters. The number of likely N-dealkylation sites (tertiary alicyclic amines) is 1. The molecule has 0 spiro atoms. The zero-order chi connectivity index (χ0) is 14.5. The number of fused-ring (bicyclic) bond motifs is 1. The molecule has 0 radical (unpaired) electrons. The second-order valence-electron chi connectivity index (χ2n) is 7.17. The van der Waals surface area contributed by atoms with Crippen molar-refractivity contribution in [2.24, 2.45) is 11.3 Å². The van der Waals surface area contributed by atoms with E-state index in [0.29, 0.717) is 6.42 Å². The van der Waals surface area contributed by atoms with Crippen LogP contribution in [0.15, 0.2) is 18.2 Å². The fourth-order valence-corrected chi connectivity index (χ4v) is 4.24. The first kappa shape index (κ1) is 14.0. The van der Waals surface area contributed by atoms with Crippen LogP contribution in [0.5, 0.6) is 0 Å². The van der Waals surface area contributed by atoms with Gasteiger partial charge in [-0.3, -0.25) is 0 Å². The summed E-state index contributed by atoms with van der Waals surface area (Å²) < 4.78 is 14.1. The molecule has 1 aromatic carbocycles. The molecular weight excluding hydrogens is 253 g/mol. The number of nitrogens with zero attached hydrogens (tertiary/aromatic N) is 1. The summed E-state index contributed by atoms with van der Waals surface area (Å²) in [6, 6.07) is 5.16. The first-order valence-electron chi connectivity index (χ1n) is 7.55. The van der Waals surface area contributed by atoms with Crippen LogP contribution in [0.2, 0.25) is 0 Å². The van der Waals surface area contributed by atoms with E-state index in [1.165, 1.54) is 6.07 Å². The van der Waals surface area contributed by atoms with Crippen molar-refractivity contribution >= 4 is 0 Å². The molecule has 0 amide bonds. The fraction of sp³-hybridized carbons (Fsp3) is 0.647. The van der Waals surface area contributed by atoms with Crippen molar-refractivity contribution in [1.29, 1.82) is 0 Å². The van der Waals surface area contributed by atoms with Crippen LogP contribution in [0.1, 0.15) is 37.8 Å². The molecule has 0 saturated carbocycles. The zero-order valence-corrected chi connectivity index (χ0v) is 12.6. The topological polar surface area (TPSA) is 23.5 Å². The van der Waals surface area contributed by atoms with Crippen LogP contribution in [0.3, 0.4) is 0 Å². The molecule has 20 heavy (non-hydrogen) atoms. The van der Waals surface area contributed by atoms with E-state index < -0.39 is 5.60 Å². The number of hydrogen-bond acceptors (Lipinski definition) is 2. The fourth-order valence-electron chi connectivity index (χ4n) is 4.24. The molecule has 1 N–H and O–H groups in total. The molecule has 0 bridgehead atoms. The maximum atomic E-state index is 14.1.